The molecular formula is C8H9ClN4O. The molecule has 5 nitrogen and oxygen atoms in total. The molecule has 1 aromatic rings. The Morgan fingerprint density at radius 1 is 1.64 bits per heavy atom. The average molecular weight is 213 g/mol. The molecule has 0 bridgehead atoms. The number of carbonyl (C=O) groups is 1. The SMILES string of the molecule is NC(=O)CC=Cc1cnc(Cl)nc1N. The van der Waals surface area contributed by atoms with Crippen molar-refractivity contribution < 1.29 is 4.79 Å². The number of halogens is 1. The molecular weight excluding hydrogens is 204 g/mol. The summed E-state index contributed by atoms with van der Waals surface area (Å²) in [5.74, 6) is -0.138. The first-order valence-electron chi connectivity index (χ1n) is 3.82. The zero-order chi connectivity index (χ0) is 10.6. The van der Waals surface area contributed by atoms with Gasteiger partial charge in [-0.3, -0.25) is 4.79 Å². The molecule has 6 heteroatoms. The summed E-state index contributed by atoms with van der Waals surface area (Å²) in [6, 6.07) is 0. The number of primary amides is 1. The monoisotopic (exact) mass is 212 g/mol. The van der Waals surface area contributed by atoms with Crippen molar-refractivity contribution >= 4 is 29.4 Å². The number of nitrogens with zero attached hydrogens (tertiary/aromatic N) is 2. The molecule has 0 fully saturated rings. The van der Waals surface area contributed by atoms with E-state index in [1.165, 1.54) is 6.20 Å². The van der Waals surface area contributed by atoms with Crippen LogP contribution in [0.3, 0.4) is 0 Å². The van der Waals surface area contributed by atoms with Crippen molar-refractivity contribution in [2.24, 2.45) is 5.73 Å². The van der Waals surface area contributed by atoms with Crippen LogP contribution in [0.4, 0.5) is 5.82 Å². The standard InChI is InChI=1S/C8H9ClN4O/c9-8-12-4-5(7(11)13-8)2-1-3-6(10)14/h1-2,4H,3H2,(H2,10,14)(H2,11,12,13). The maximum absolute atomic E-state index is 10.4. The number of rotatable bonds is 3. The van der Waals surface area contributed by atoms with Crippen LogP contribution in [0.1, 0.15) is 12.0 Å². The Bertz CT molecular complexity index is 378. The van der Waals surface area contributed by atoms with Gasteiger partial charge in [-0.05, 0) is 11.6 Å². The molecule has 4 N–H and O–H groups in total. The molecule has 14 heavy (non-hydrogen) atoms. The summed E-state index contributed by atoms with van der Waals surface area (Å²) in [5.41, 5.74) is 11.1. The molecule has 0 saturated heterocycles. The van der Waals surface area contributed by atoms with E-state index >= 15 is 0 Å². The minimum Gasteiger partial charge on any atom is -0.383 e. The Labute approximate surface area is 85.8 Å². The summed E-state index contributed by atoms with van der Waals surface area (Å²) >= 11 is 5.50. The summed E-state index contributed by atoms with van der Waals surface area (Å²) < 4.78 is 0. The van der Waals surface area contributed by atoms with Gasteiger partial charge in [-0.15, -0.1) is 0 Å². The van der Waals surface area contributed by atoms with Crippen molar-refractivity contribution in [3.63, 3.8) is 0 Å². The van der Waals surface area contributed by atoms with Crippen molar-refractivity contribution in [1.82, 2.24) is 9.97 Å². The van der Waals surface area contributed by atoms with Crippen LogP contribution in [0, 0.1) is 0 Å². The van der Waals surface area contributed by atoms with E-state index in [1.807, 2.05) is 0 Å². The number of amides is 1. The maximum atomic E-state index is 10.4. The van der Waals surface area contributed by atoms with E-state index < -0.39 is 5.91 Å². The highest BCUT2D eigenvalue weighted by Crippen LogP contribution is 2.11. The molecule has 1 rings (SSSR count). The number of aromatic nitrogens is 2. The fraction of sp³-hybridized carbons (Fsp3) is 0.125. The molecule has 0 aromatic carbocycles. The van der Waals surface area contributed by atoms with E-state index in [2.05, 4.69) is 9.97 Å². The average Bonchev–Trinajstić information content (AvgIpc) is 2.08. The molecule has 0 unspecified atom stereocenters. The Balaban J connectivity index is 2.76. The predicted molar refractivity (Wildman–Crippen MR) is 54.3 cm³/mol. The number of carbonyl (C=O) groups excluding carboxylic acids is 1. The Kier molecular flexibility index (Phi) is 3.41. The smallest absolute Gasteiger partial charge is 0.224 e. The lowest BCUT2D eigenvalue weighted by Gasteiger charge is -1.97. The third-order valence-corrected chi connectivity index (χ3v) is 1.62. The Hall–Kier alpha value is -1.62. The first-order chi connectivity index (χ1) is 6.59. The predicted octanol–water partition coefficient (Wildman–Crippen LogP) is 0.601. The minimum absolute atomic E-state index is 0.0922. The van der Waals surface area contributed by atoms with Gasteiger partial charge in [0.2, 0.25) is 11.2 Å². The van der Waals surface area contributed by atoms with Crippen LogP contribution in [-0.4, -0.2) is 15.9 Å². The van der Waals surface area contributed by atoms with Gasteiger partial charge in [-0.25, -0.2) is 9.97 Å². The van der Waals surface area contributed by atoms with E-state index in [0.717, 1.165) is 0 Å². The van der Waals surface area contributed by atoms with E-state index in [0.29, 0.717) is 5.56 Å². The lowest BCUT2D eigenvalue weighted by molar-refractivity contribution is -0.117. The van der Waals surface area contributed by atoms with Crippen LogP contribution in [0.15, 0.2) is 12.3 Å². The minimum atomic E-state index is -0.408. The summed E-state index contributed by atoms with van der Waals surface area (Å²) in [7, 11) is 0. The topological polar surface area (TPSA) is 94.9 Å². The number of nitrogen functional groups attached to an aromatic ring is 1. The summed E-state index contributed by atoms with van der Waals surface area (Å²) in [5, 5.41) is 0.0922. The van der Waals surface area contributed by atoms with Gasteiger partial charge in [0, 0.05) is 18.2 Å². The quantitative estimate of drug-likeness (QED) is 0.718. The van der Waals surface area contributed by atoms with Crippen LogP contribution >= 0.6 is 11.6 Å². The normalized spacial score (nSPS) is 10.6. The third kappa shape index (κ3) is 3.02. The highest BCUT2D eigenvalue weighted by molar-refractivity contribution is 6.28. The molecule has 0 aliphatic rings. The molecule has 0 atom stereocenters. The molecule has 1 amide bonds. The lowest BCUT2D eigenvalue weighted by Crippen LogP contribution is -2.08. The van der Waals surface area contributed by atoms with Crippen molar-refractivity contribution in [1.29, 1.82) is 0 Å². The van der Waals surface area contributed by atoms with Gasteiger partial charge in [-0.1, -0.05) is 12.2 Å². The maximum Gasteiger partial charge on any atom is 0.224 e. The summed E-state index contributed by atoms with van der Waals surface area (Å²) in [6.45, 7) is 0. The van der Waals surface area contributed by atoms with Gasteiger partial charge >= 0.3 is 0 Å². The zero-order valence-corrected chi connectivity index (χ0v) is 8.03. The van der Waals surface area contributed by atoms with Crippen LogP contribution in [0.5, 0.6) is 0 Å². The van der Waals surface area contributed by atoms with Crippen molar-refractivity contribution in [2.45, 2.75) is 6.42 Å². The van der Waals surface area contributed by atoms with Crippen LogP contribution in [0.25, 0.3) is 6.08 Å². The fourth-order valence-corrected chi connectivity index (χ4v) is 0.952. The highest BCUT2D eigenvalue weighted by Gasteiger charge is 1.98. The number of hydrogen-bond acceptors (Lipinski definition) is 4. The second kappa shape index (κ2) is 4.57. The van der Waals surface area contributed by atoms with Gasteiger partial charge in [0.15, 0.2) is 0 Å². The highest BCUT2D eigenvalue weighted by atomic mass is 35.5. The number of nitrogens with two attached hydrogens (primary N) is 2. The van der Waals surface area contributed by atoms with Gasteiger partial charge in [0.1, 0.15) is 5.82 Å². The molecule has 0 aliphatic carbocycles. The van der Waals surface area contributed by atoms with Crippen molar-refractivity contribution in [3.05, 3.63) is 23.1 Å². The largest absolute Gasteiger partial charge is 0.383 e. The molecule has 1 aromatic heterocycles. The van der Waals surface area contributed by atoms with Crippen molar-refractivity contribution in [3.8, 4) is 0 Å². The number of hydrogen-bond donors (Lipinski definition) is 2. The molecule has 0 radical (unpaired) electrons. The van der Waals surface area contributed by atoms with E-state index in [-0.39, 0.29) is 17.5 Å². The van der Waals surface area contributed by atoms with Crippen LogP contribution in [-0.2, 0) is 4.79 Å². The molecule has 1 heterocycles. The van der Waals surface area contributed by atoms with E-state index in [4.69, 9.17) is 23.1 Å². The van der Waals surface area contributed by atoms with Crippen molar-refractivity contribution in [2.75, 3.05) is 5.73 Å². The fourth-order valence-electron chi connectivity index (χ4n) is 0.812. The molecule has 0 saturated carbocycles. The van der Waals surface area contributed by atoms with Gasteiger partial charge in [-0.2, -0.15) is 0 Å². The Morgan fingerprint density at radius 2 is 2.36 bits per heavy atom. The molecule has 0 aliphatic heterocycles. The van der Waals surface area contributed by atoms with Crippen LogP contribution in [0.2, 0.25) is 5.28 Å². The second-order valence-electron chi connectivity index (χ2n) is 2.55. The van der Waals surface area contributed by atoms with E-state index in [9.17, 15) is 4.79 Å². The lowest BCUT2D eigenvalue weighted by atomic mass is 10.2. The second-order valence-corrected chi connectivity index (χ2v) is 2.89. The van der Waals surface area contributed by atoms with Gasteiger partial charge in [0.25, 0.3) is 0 Å². The Morgan fingerprint density at radius 3 is 2.93 bits per heavy atom. The molecule has 0 spiro atoms. The first-order valence-corrected chi connectivity index (χ1v) is 4.20. The van der Waals surface area contributed by atoms with Gasteiger partial charge < -0.3 is 11.5 Å². The third-order valence-electron chi connectivity index (χ3n) is 1.44. The number of anilines is 1. The van der Waals surface area contributed by atoms with E-state index in [1.54, 1.807) is 12.2 Å². The first kappa shape index (κ1) is 10.5. The van der Waals surface area contributed by atoms with Gasteiger partial charge in [0.05, 0.1) is 0 Å². The van der Waals surface area contributed by atoms with Crippen LogP contribution < -0.4 is 11.5 Å². The summed E-state index contributed by atoms with van der Waals surface area (Å²) in [4.78, 5) is 17.9. The summed E-state index contributed by atoms with van der Waals surface area (Å²) in [6.07, 6.45) is 4.84. The zero-order valence-electron chi connectivity index (χ0n) is 7.27. The molecule has 74 valence electrons.